The molecule has 176 valence electrons. The van der Waals surface area contributed by atoms with Crippen molar-refractivity contribution in [2.45, 2.75) is 19.8 Å². The van der Waals surface area contributed by atoms with Crippen molar-refractivity contribution in [2.24, 2.45) is 5.73 Å². The Bertz CT molecular complexity index is 1230. The van der Waals surface area contributed by atoms with Crippen molar-refractivity contribution in [2.75, 3.05) is 18.5 Å². The predicted octanol–water partition coefficient (Wildman–Crippen LogP) is 4.66. The molecule has 1 heterocycles. The summed E-state index contributed by atoms with van der Waals surface area (Å²) in [6, 6.07) is 13.4. The van der Waals surface area contributed by atoms with Crippen LogP contribution in [0.5, 0.6) is 5.75 Å². The molecular weight excluding hydrogens is 481 g/mol. The lowest BCUT2D eigenvalue weighted by Gasteiger charge is -2.27. The quantitative estimate of drug-likeness (QED) is 0.528. The van der Waals surface area contributed by atoms with Crippen LogP contribution in [0.4, 0.5) is 5.69 Å². The standard InChI is InChI=1S/C24H21Cl2N3O5/c1-3-32-24(31)21-13(2)34-23(28)17(11-27)22(21)14-5-4-6-16(9-14)33-12-20(30)29-15-7-8-18(25)19(26)10-15/h4-10,22H,3,12,28H2,1-2H3,(H,29,30). The number of carbonyl (C=O) groups is 2. The Hall–Kier alpha value is -3.67. The second-order valence-electron chi connectivity index (χ2n) is 7.15. The Morgan fingerprint density at radius 3 is 2.65 bits per heavy atom. The van der Waals surface area contributed by atoms with Gasteiger partial charge in [-0.15, -0.1) is 0 Å². The van der Waals surface area contributed by atoms with Gasteiger partial charge in [0.2, 0.25) is 5.88 Å². The highest BCUT2D eigenvalue weighted by atomic mass is 35.5. The average molecular weight is 502 g/mol. The van der Waals surface area contributed by atoms with Crippen LogP contribution in [0.2, 0.25) is 10.0 Å². The summed E-state index contributed by atoms with van der Waals surface area (Å²) < 4.78 is 16.2. The summed E-state index contributed by atoms with van der Waals surface area (Å²) in [7, 11) is 0. The summed E-state index contributed by atoms with van der Waals surface area (Å²) in [5.41, 5.74) is 7.18. The SMILES string of the molecule is CCOC(=O)C1=C(C)OC(N)=C(C#N)C1c1cccc(OCC(=O)Nc2ccc(Cl)c(Cl)c2)c1. The normalized spacial score (nSPS) is 15.3. The van der Waals surface area contributed by atoms with Crippen molar-refractivity contribution >= 4 is 40.8 Å². The number of esters is 1. The van der Waals surface area contributed by atoms with Gasteiger partial charge in [0.25, 0.3) is 5.91 Å². The zero-order valence-corrected chi connectivity index (χ0v) is 19.9. The topological polar surface area (TPSA) is 124 Å². The number of carbonyl (C=O) groups excluding carboxylic acids is 2. The van der Waals surface area contributed by atoms with Gasteiger partial charge in [-0.3, -0.25) is 4.79 Å². The molecule has 1 aliphatic rings. The molecule has 1 aliphatic heterocycles. The fraction of sp³-hybridized carbons (Fsp3) is 0.208. The average Bonchev–Trinajstić information content (AvgIpc) is 2.80. The monoisotopic (exact) mass is 501 g/mol. The van der Waals surface area contributed by atoms with E-state index in [2.05, 4.69) is 5.32 Å². The molecule has 8 nitrogen and oxygen atoms in total. The largest absolute Gasteiger partial charge is 0.484 e. The molecule has 0 radical (unpaired) electrons. The van der Waals surface area contributed by atoms with Gasteiger partial charge in [0.15, 0.2) is 6.61 Å². The van der Waals surface area contributed by atoms with Crippen molar-refractivity contribution < 1.29 is 23.8 Å². The van der Waals surface area contributed by atoms with Gasteiger partial charge >= 0.3 is 5.97 Å². The minimum Gasteiger partial charge on any atom is -0.484 e. The smallest absolute Gasteiger partial charge is 0.338 e. The van der Waals surface area contributed by atoms with Crippen LogP contribution in [0.15, 0.2) is 65.3 Å². The number of nitriles is 1. The van der Waals surface area contributed by atoms with E-state index >= 15 is 0 Å². The maximum Gasteiger partial charge on any atom is 0.338 e. The van der Waals surface area contributed by atoms with E-state index in [9.17, 15) is 14.9 Å². The molecule has 0 saturated heterocycles. The van der Waals surface area contributed by atoms with Crippen LogP contribution < -0.4 is 15.8 Å². The fourth-order valence-electron chi connectivity index (χ4n) is 3.39. The number of anilines is 1. The number of rotatable bonds is 7. The molecule has 0 aliphatic carbocycles. The van der Waals surface area contributed by atoms with Crippen LogP contribution >= 0.6 is 23.2 Å². The van der Waals surface area contributed by atoms with Crippen LogP contribution in [-0.2, 0) is 19.1 Å². The third-order valence-electron chi connectivity index (χ3n) is 4.87. The molecule has 3 rings (SSSR count). The zero-order valence-electron chi connectivity index (χ0n) is 18.4. The Balaban J connectivity index is 1.81. The maximum absolute atomic E-state index is 12.6. The molecule has 0 aromatic heterocycles. The maximum atomic E-state index is 12.6. The lowest BCUT2D eigenvalue weighted by molar-refractivity contribution is -0.139. The number of nitrogens with one attached hydrogen (secondary N) is 1. The van der Waals surface area contributed by atoms with Crippen LogP contribution in [0, 0.1) is 11.3 Å². The van der Waals surface area contributed by atoms with Crippen molar-refractivity contribution in [1.29, 1.82) is 5.26 Å². The molecule has 2 aromatic carbocycles. The number of nitrogens with zero attached hydrogens (tertiary/aromatic N) is 1. The van der Waals surface area contributed by atoms with Crippen LogP contribution in [0.25, 0.3) is 0 Å². The van der Waals surface area contributed by atoms with Crippen LogP contribution in [0.3, 0.4) is 0 Å². The third-order valence-corrected chi connectivity index (χ3v) is 5.60. The number of halogens is 2. The molecular formula is C24H21Cl2N3O5. The molecule has 2 aromatic rings. The van der Waals surface area contributed by atoms with Gasteiger partial charge in [-0.1, -0.05) is 35.3 Å². The summed E-state index contributed by atoms with van der Waals surface area (Å²) in [5.74, 6) is -1.34. The molecule has 34 heavy (non-hydrogen) atoms. The van der Waals surface area contributed by atoms with E-state index in [-0.39, 0.29) is 36.0 Å². The fourth-order valence-corrected chi connectivity index (χ4v) is 3.69. The molecule has 0 spiro atoms. The van der Waals surface area contributed by atoms with E-state index < -0.39 is 17.8 Å². The van der Waals surface area contributed by atoms with Gasteiger partial charge in [-0.2, -0.15) is 5.26 Å². The number of hydrogen-bond donors (Lipinski definition) is 2. The summed E-state index contributed by atoms with van der Waals surface area (Å²) in [5, 5.41) is 13.0. The molecule has 1 unspecified atom stereocenters. The number of nitrogens with two attached hydrogens (primary N) is 1. The van der Waals surface area contributed by atoms with E-state index in [4.69, 9.17) is 43.1 Å². The van der Waals surface area contributed by atoms with E-state index in [0.29, 0.717) is 27.0 Å². The number of hydrogen-bond acceptors (Lipinski definition) is 7. The highest BCUT2D eigenvalue weighted by molar-refractivity contribution is 6.42. The zero-order chi connectivity index (χ0) is 24.8. The Morgan fingerprint density at radius 1 is 1.21 bits per heavy atom. The van der Waals surface area contributed by atoms with Crippen LogP contribution in [-0.4, -0.2) is 25.1 Å². The second kappa shape index (κ2) is 11.0. The van der Waals surface area contributed by atoms with Gasteiger partial charge in [0.1, 0.15) is 23.2 Å². The molecule has 10 heteroatoms. The molecule has 0 fully saturated rings. The van der Waals surface area contributed by atoms with Gasteiger partial charge in [0.05, 0.1) is 28.1 Å². The highest BCUT2D eigenvalue weighted by Gasteiger charge is 2.36. The Labute approximate surface area is 206 Å². The number of amides is 1. The van der Waals surface area contributed by atoms with Crippen LogP contribution in [0.1, 0.15) is 25.3 Å². The molecule has 0 bridgehead atoms. The summed E-state index contributed by atoms with van der Waals surface area (Å²) in [6.45, 7) is 3.12. The summed E-state index contributed by atoms with van der Waals surface area (Å²) >= 11 is 11.8. The minimum absolute atomic E-state index is 0.0724. The summed E-state index contributed by atoms with van der Waals surface area (Å²) in [4.78, 5) is 24.9. The first-order chi connectivity index (χ1) is 16.2. The van der Waals surface area contributed by atoms with Crippen molar-refractivity contribution in [3.63, 3.8) is 0 Å². The van der Waals surface area contributed by atoms with E-state index in [0.717, 1.165) is 0 Å². The van der Waals surface area contributed by atoms with E-state index in [1.165, 1.54) is 6.07 Å². The molecule has 3 N–H and O–H groups in total. The van der Waals surface area contributed by atoms with Gasteiger partial charge in [-0.25, -0.2) is 4.79 Å². The molecule has 0 saturated carbocycles. The first-order valence-electron chi connectivity index (χ1n) is 10.2. The predicted molar refractivity (Wildman–Crippen MR) is 127 cm³/mol. The number of ether oxygens (including phenoxy) is 3. The first-order valence-corrected chi connectivity index (χ1v) is 10.9. The lowest BCUT2D eigenvalue weighted by atomic mass is 9.83. The van der Waals surface area contributed by atoms with Gasteiger partial charge in [-0.05, 0) is 49.7 Å². The van der Waals surface area contributed by atoms with E-state index in [1.54, 1.807) is 50.2 Å². The second-order valence-corrected chi connectivity index (χ2v) is 7.97. The van der Waals surface area contributed by atoms with Crippen molar-refractivity contribution in [3.05, 3.63) is 80.9 Å². The molecule has 1 atom stereocenters. The summed E-state index contributed by atoms with van der Waals surface area (Å²) in [6.07, 6.45) is 0. The highest BCUT2D eigenvalue weighted by Crippen LogP contribution is 2.40. The lowest BCUT2D eigenvalue weighted by Crippen LogP contribution is -2.25. The van der Waals surface area contributed by atoms with Crippen molar-refractivity contribution in [1.82, 2.24) is 0 Å². The van der Waals surface area contributed by atoms with Gasteiger partial charge in [0, 0.05) is 5.69 Å². The van der Waals surface area contributed by atoms with Gasteiger partial charge < -0.3 is 25.3 Å². The van der Waals surface area contributed by atoms with E-state index in [1.807, 2.05) is 6.07 Å². The minimum atomic E-state index is -0.814. The first kappa shape index (κ1) is 25.0. The third kappa shape index (κ3) is 5.63. The number of benzene rings is 2. The Kier molecular flexibility index (Phi) is 8.05. The Morgan fingerprint density at radius 2 is 1.97 bits per heavy atom. The van der Waals surface area contributed by atoms with Crippen molar-refractivity contribution in [3.8, 4) is 11.8 Å². The molecule has 1 amide bonds. The number of allylic oxidation sites excluding steroid dienone is 2.